The van der Waals surface area contributed by atoms with E-state index in [1.807, 2.05) is 29.2 Å². The van der Waals surface area contributed by atoms with E-state index in [0.717, 1.165) is 62.9 Å². The lowest BCUT2D eigenvalue weighted by molar-refractivity contribution is -0.137. The first-order valence-corrected chi connectivity index (χ1v) is 12.0. The molecule has 0 radical (unpaired) electrons. The lowest BCUT2D eigenvalue weighted by Gasteiger charge is -2.36. The van der Waals surface area contributed by atoms with E-state index in [1.165, 1.54) is 11.8 Å². The van der Waals surface area contributed by atoms with Crippen LogP contribution in [0, 0.1) is 0 Å². The number of nitrogens with one attached hydrogen (secondary N) is 1. The number of piperazine rings is 1. The number of carbonyl (C=O) groups excluding carboxylic acids is 1. The minimum Gasteiger partial charge on any atom is -0.369 e. The minimum absolute atomic E-state index is 0. The second kappa shape index (κ2) is 11.9. The summed E-state index contributed by atoms with van der Waals surface area (Å²) in [6.07, 6.45) is -1.56. The van der Waals surface area contributed by atoms with E-state index < -0.39 is 11.7 Å². The van der Waals surface area contributed by atoms with Crippen LogP contribution in [0.3, 0.4) is 0 Å². The summed E-state index contributed by atoms with van der Waals surface area (Å²) in [5.74, 6) is 0.585. The molecule has 1 N–H and O–H groups in total. The van der Waals surface area contributed by atoms with Crippen LogP contribution in [0.25, 0.3) is 0 Å². The average molecular weight is 512 g/mol. The van der Waals surface area contributed by atoms with Crippen LogP contribution in [0.5, 0.6) is 0 Å². The van der Waals surface area contributed by atoms with Crippen molar-refractivity contribution < 1.29 is 18.0 Å². The molecule has 2 aliphatic heterocycles. The third-order valence-electron chi connectivity index (χ3n) is 6.48. The van der Waals surface area contributed by atoms with Crippen molar-refractivity contribution in [3.8, 4) is 0 Å². The van der Waals surface area contributed by atoms with E-state index in [9.17, 15) is 18.0 Å². The van der Waals surface area contributed by atoms with Crippen molar-refractivity contribution in [2.75, 3.05) is 55.6 Å². The molecule has 0 aliphatic carbocycles. The summed E-state index contributed by atoms with van der Waals surface area (Å²) in [6, 6.07) is 10.4. The number of nitrogens with zero attached hydrogens (tertiary/aromatic N) is 4. The molecule has 0 spiro atoms. The maximum absolute atomic E-state index is 12.7. The summed E-state index contributed by atoms with van der Waals surface area (Å²) >= 11 is 5.96. The van der Waals surface area contributed by atoms with Gasteiger partial charge in [0.15, 0.2) is 0 Å². The van der Waals surface area contributed by atoms with Crippen molar-refractivity contribution in [2.24, 2.45) is 0 Å². The fourth-order valence-electron chi connectivity index (χ4n) is 4.43. The Balaban J connectivity index is 0.00000342. The molecule has 192 valence electrons. The maximum atomic E-state index is 12.7. The normalized spacial score (nSPS) is 17.7. The average Bonchev–Trinajstić information content (AvgIpc) is 2.84. The van der Waals surface area contributed by atoms with E-state index >= 15 is 0 Å². The van der Waals surface area contributed by atoms with Gasteiger partial charge in [-0.2, -0.15) is 13.2 Å². The molecule has 10 heteroatoms. The summed E-state index contributed by atoms with van der Waals surface area (Å²) in [5, 5.41) is 3.85. The van der Waals surface area contributed by atoms with Crippen LogP contribution in [0.1, 0.15) is 32.3 Å². The van der Waals surface area contributed by atoms with Crippen LogP contribution < -0.4 is 15.1 Å². The second-order valence-corrected chi connectivity index (χ2v) is 9.22. The van der Waals surface area contributed by atoms with Gasteiger partial charge < -0.3 is 15.1 Å². The molecule has 35 heavy (non-hydrogen) atoms. The molecule has 2 aliphatic rings. The Kier molecular flexibility index (Phi) is 9.24. The van der Waals surface area contributed by atoms with Gasteiger partial charge >= 0.3 is 6.18 Å². The fraction of sp³-hybridized carbons (Fsp3) is 0.520. The van der Waals surface area contributed by atoms with Gasteiger partial charge in [-0.05, 0) is 49.2 Å². The van der Waals surface area contributed by atoms with Gasteiger partial charge in [0.2, 0.25) is 5.91 Å². The molecule has 0 saturated carbocycles. The van der Waals surface area contributed by atoms with Crippen LogP contribution in [-0.2, 0) is 11.0 Å². The molecular weight excluding hydrogens is 479 g/mol. The highest BCUT2D eigenvalue weighted by molar-refractivity contribution is 6.30. The molecule has 1 aromatic carbocycles. The number of hydrogen-bond donors (Lipinski definition) is 1. The molecule has 3 heterocycles. The topological polar surface area (TPSA) is 51.7 Å². The minimum atomic E-state index is -4.38. The molecule has 0 unspecified atom stereocenters. The highest BCUT2D eigenvalue weighted by atomic mass is 35.5. The molecule has 1 amide bonds. The standard InChI is InChI=1S/C24H29ClF3N5O.CH4/c25-19-2-4-21(5-3-19)32-15-13-31(14-16-32)10-9-23(34)30-20-7-11-33(12-8-20)22-6-1-18(17-29-22)24(26,27)28;/h1-6,17,20H,7-16H2,(H,30,34);1H4. The van der Waals surface area contributed by atoms with E-state index in [1.54, 1.807) is 0 Å². The van der Waals surface area contributed by atoms with Gasteiger partial charge in [-0.15, -0.1) is 0 Å². The molecule has 0 bridgehead atoms. The SMILES string of the molecule is C.O=C(CCN1CCN(c2ccc(Cl)cc2)CC1)NC1CCN(c2ccc(C(F)(F)F)cn2)CC1. The number of hydrogen-bond acceptors (Lipinski definition) is 5. The predicted molar refractivity (Wildman–Crippen MR) is 134 cm³/mol. The Morgan fingerprint density at radius 1 is 0.971 bits per heavy atom. The third-order valence-corrected chi connectivity index (χ3v) is 6.73. The van der Waals surface area contributed by atoms with Crippen molar-refractivity contribution >= 4 is 29.0 Å². The number of halogens is 4. The third kappa shape index (κ3) is 7.48. The summed E-state index contributed by atoms with van der Waals surface area (Å²) in [6.45, 7) is 5.68. The first kappa shape index (κ1) is 27.1. The van der Waals surface area contributed by atoms with Crippen molar-refractivity contribution in [1.82, 2.24) is 15.2 Å². The largest absolute Gasteiger partial charge is 0.417 e. The number of aromatic nitrogens is 1. The van der Waals surface area contributed by atoms with Crippen molar-refractivity contribution in [2.45, 2.75) is 38.9 Å². The Hall–Kier alpha value is -2.52. The first-order valence-electron chi connectivity index (χ1n) is 11.6. The van der Waals surface area contributed by atoms with Crippen molar-refractivity contribution in [1.29, 1.82) is 0 Å². The molecule has 0 atom stereocenters. The number of piperidine rings is 1. The van der Waals surface area contributed by atoms with E-state index in [2.05, 4.69) is 20.1 Å². The summed E-state index contributed by atoms with van der Waals surface area (Å²) in [7, 11) is 0. The van der Waals surface area contributed by atoms with E-state index in [-0.39, 0.29) is 19.4 Å². The molecular formula is C25H33ClF3N5O. The monoisotopic (exact) mass is 511 g/mol. The molecule has 6 nitrogen and oxygen atoms in total. The van der Waals surface area contributed by atoms with E-state index in [0.29, 0.717) is 25.3 Å². The van der Waals surface area contributed by atoms with Gasteiger partial charge in [0.05, 0.1) is 5.56 Å². The Morgan fingerprint density at radius 2 is 1.63 bits per heavy atom. The van der Waals surface area contributed by atoms with Crippen LogP contribution in [0.2, 0.25) is 5.02 Å². The number of benzene rings is 1. The number of pyridine rings is 1. The van der Waals surface area contributed by atoms with Crippen molar-refractivity contribution in [3.05, 3.63) is 53.2 Å². The van der Waals surface area contributed by atoms with Gasteiger partial charge in [0.25, 0.3) is 0 Å². The smallest absolute Gasteiger partial charge is 0.369 e. The van der Waals surface area contributed by atoms with E-state index in [4.69, 9.17) is 11.6 Å². The maximum Gasteiger partial charge on any atom is 0.417 e. The molecule has 1 aromatic heterocycles. The van der Waals surface area contributed by atoms with Gasteiger partial charge in [-0.25, -0.2) is 4.98 Å². The summed E-state index contributed by atoms with van der Waals surface area (Å²) < 4.78 is 38.1. The summed E-state index contributed by atoms with van der Waals surface area (Å²) in [5.41, 5.74) is 0.421. The first-order chi connectivity index (χ1) is 16.3. The highest BCUT2D eigenvalue weighted by Gasteiger charge is 2.31. The number of amides is 1. The van der Waals surface area contributed by atoms with Gasteiger partial charge in [-0.3, -0.25) is 9.69 Å². The number of alkyl halides is 3. The lowest BCUT2D eigenvalue weighted by Crippen LogP contribution is -2.48. The van der Waals surface area contributed by atoms with Crippen LogP contribution >= 0.6 is 11.6 Å². The van der Waals surface area contributed by atoms with Crippen molar-refractivity contribution in [3.63, 3.8) is 0 Å². The lowest BCUT2D eigenvalue weighted by atomic mass is 10.0. The Labute approximate surface area is 210 Å². The summed E-state index contributed by atoms with van der Waals surface area (Å²) in [4.78, 5) is 23.0. The van der Waals surface area contributed by atoms with Gasteiger partial charge in [-0.1, -0.05) is 19.0 Å². The van der Waals surface area contributed by atoms with Crippen LogP contribution in [-0.4, -0.2) is 67.6 Å². The molecule has 2 fully saturated rings. The molecule has 4 rings (SSSR count). The quantitative estimate of drug-likeness (QED) is 0.610. The zero-order valence-electron chi connectivity index (χ0n) is 18.9. The molecule has 2 saturated heterocycles. The zero-order valence-corrected chi connectivity index (χ0v) is 19.7. The number of rotatable bonds is 6. The Bertz CT molecular complexity index is 939. The van der Waals surface area contributed by atoms with Gasteiger partial charge in [0.1, 0.15) is 5.82 Å². The Morgan fingerprint density at radius 3 is 2.20 bits per heavy atom. The molecule has 2 aromatic rings. The van der Waals surface area contributed by atoms with Gasteiger partial charge in [0, 0.05) is 75.2 Å². The van der Waals surface area contributed by atoms with Crippen LogP contribution in [0.4, 0.5) is 24.7 Å². The fourth-order valence-corrected chi connectivity index (χ4v) is 4.56. The van der Waals surface area contributed by atoms with Crippen LogP contribution in [0.15, 0.2) is 42.6 Å². The predicted octanol–water partition coefficient (Wildman–Crippen LogP) is 4.69. The second-order valence-electron chi connectivity index (χ2n) is 8.79. The highest BCUT2D eigenvalue weighted by Crippen LogP contribution is 2.29. The number of anilines is 2. The zero-order chi connectivity index (χ0) is 24.1. The number of carbonyl (C=O) groups is 1.